The molecule has 8 heteroatoms. The number of rotatable bonds is 5. The van der Waals surface area contributed by atoms with Gasteiger partial charge in [0, 0.05) is 5.69 Å². The fourth-order valence-electron chi connectivity index (χ4n) is 2.66. The quantitative estimate of drug-likeness (QED) is 0.551. The summed E-state index contributed by atoms with van der Waals surface area (Å²) in [6.07, 6.45) is 0. The van der Waals surface area contributed by atoms with Crippen LogP contribution in [0.3, 0.4) is 0 Å². The monoisotopic (exact) mass is 363 g/mol. The molecular formula is C17H17ClFN4O2+. The Hall–Kier alpha value is -2.64. The van der Waals surface area contributed by atoms with E-state index in [-0.39, 0.29) is 24.0 Å². The number of amides is 1. The molecule has 0 aliphatic rings. The van der Waals surface area contributed by atoms with Crippen LogP contribution in [0.1, 0.15) is 5.56 Å². The van der Waals surface area contributed by atoms with Gasteiger partial charge in [-0.3, -0.25) is 4.79 Å². The van der Waals surface area contributed by atoms with Crippen LogP contribution >= 0.6 is 11.6 Å². The van der Waals surface area contributed by atoms with Crippen molar-refractivity contribution in [3.8, 4) is 0 Å². The molecule has 3 aromatic rings. The Balaban J connectivity index is 1.63. The summed E-state index contributed by atoms with van der Waals surface area (Å²) in [6, 6.07) is 9.60. The summed E-state index contributed by atoms with van der Waals surface area (Å²) in [4.78, 5) is 29.5. The maximum atomic E-state index is 13.8. The van der Waals surface area contributed by atoms with Gasteiger partial charge in [-0.25, -0.2) is 9.18 Å². The number of H-pyrrole nitrogens is 2. The van der Waals surface area contributed by atoms with Crippen molar-refractivity contribution in [2.75, 3.05) is 18.9 Å². The van der Waals surface area contributed by atoms with Gasteiger partial charge < -0.3 is 20.2 Å². The smallest absolute Gasteiger partial charge is 0.323 e. The van der Waals surface area contributed by atoms with Gasteiger partial charge >= 0.3 is 5.69 Å². The maximum absolute atomic E-state index is 13.8. The summed E-state index contributed by atoms with van der Waals surface area (Å²) >= 11 is 6.01. The predicted octanol–water partition coefficient (Wildman–Crippen LogP) is 1.30. The number of carbonyl (C=O) groups excluding carboxylic acids is 1. The molecule has 0 radical (unpaired) electrons. The molecule has 4 N–H and O–H groups in total. The first kappa shape index (κ1) is 17.2. The van der Waals surface area contributed by atoms with Crippen LogP contribution in [0.15, 0.2) is 41.2 Å². The number of hydrogen-bond acceptors (Lipinski definition) is 2. The van der Waals surface area contributed by atoms with E-state index in [1.54, 1.807) is 37.4 Å². The number of halogens is 2. The fraction of sp³-hybridized carbons (Fsp3) is 0.176. The van der Waals surface area contributed by atoms with Crippen LogP contribution in [0, 0.1) is 5.82 Å². The Morgan fingerprint density at radius 3 is 2.76 bits per heavy atom. The number of aromatic nitrogens is 2. The summed E-state index contributed by atoms with van der Waals surface area (Å²) in [7, 11) is 1.79. The second kappa shape index (κ2) is 7.08. The Kier molecular flexibility index (Phi) is 4.87. The second-order valence-electron chi connectivity index (χ2n) is 5.90. The van der Waals surface area contributed by atoms with Crippen molar-refractivity contribution in [2.24, 2.45) is 0 Å². The molecule has 0 bridgehead atoms. The summed E-state index contributed by atoms with van der Waals surface area (Å²) in [5.41, 5.74) is 1.94. The third-order valence-electron chi connectivity index (χ3n) is 3.80. The summed E-state index contributed by atoms with van der Waals surface area (Å²) in [5, 5.41) is 3.12. The largest absolute Gasteiger partial charge is 0.326 e. The van der Waals surface area contributed by atoms with Crippen molar-refractivity contribution in [1.29, 1.82) is 0 Å². The Bertz CT molecular complexity index is 962. The summed E-state index contributed by atoms with van der Waals surface area (Å²) < 4.78 is 13.8. The highest BCUT2D eigenvalue weighted by molar-refractivity contribution is 6.31. The summed E-state index contributed by atoms with van der Waals surface area (Å²) in [5.74, 6) is -0.601. The minimum absolute atomic E-state index is 0.145. The molecule has 3 rings (SSSR count). The number of likely N-dealkylation sites (N-methyl/N-ethyl adjacent to an activating group) is 1. The molecular weight excluding hydrogens is 347 g/mol. The minimum Gasteiger partial charge on any atom is -0.326 e. The molecule has 0 aliphatic carbocycles. The first-order chi connectivity index (χ1) is 11.9. The van der Waals surface area contributed by atoms with Gasteiger partial charge in [0.25, 0.3) is 5.91 Å². The van der Waals surface area contributed by atoms with Crippen LogP contribution in [0.25, 0.3) is 11.0 Å². The molecule has 25 heavy (non-hydrogen) atoms. The van der Waals surface area contributed by atoms with Gasteiger partial charge in [-0.2, -0.15) is 0 Å². The van der Waals surface area contributed by atoms with E-state index in [4.69, 9.17) is 11.6 Å². The van der Waals surface area contributed by atoms with Crippen molar-refractivity contribution in [3.05, 3.63) is 63.3 Å². The average molecular weight is 364 g/mol. The molecule has 6 nitrogen and oxygen atoms in total. The van der Waals surface area contributed by atoms with Crippen LogP contribution in [0.5, 0.6) is 0 Å². The Morgan fingerprint density at radius 1 is 1.24 bits per heavy atom. The molecule has 2 aromatic carbocycles. The highest BCUT2D eigenvalue weighted by Gasteiger charge is 2.15. The number of benzene rings is 2. The van der Waals surface area contributed by atoms with E-state index in [2.05, 4.69) is 15.3 Å². The molecule has 1 atom stereocenters. The van der Waals surface area contributed by atoms with E-state index in [0.29, 0.717) is 33.9 Å². The van der Waals surface area contributed by atoms with Gasteiger partial charge in [-0.15, -0.1) is 0 Å². The lowest BCUT2D eigenvalue weighted by Gasteiger charge is -2.15. The lowest BCUT2D eigenvalue weighted by molar-refractivity contribution is -0.885. The molecule has 0 fully saturated rings. The zero-order valence-corrected chi connectivity index (χ0v) is 14.2. The maximum Gasteiger partial charge on any atom is 0.323 e. The van der Waals surface area contributed by atoms with Crippen LogP contribution in [-0.2, 0) is 11.3 Å². The van der Waals surface area contributed by atoms with Crippen molar-refractivity contribution >= 4 is 34.2 Å². The van der Waals surface area contributed by atoms with Crippen molar-refractivity contribution in [1.82, 2.24) is 9.97 Å². The molecule has 1 amide bonds. The predicted molar refractivity (Wildman–Crippen MR) is 94.4 cm³/mol. The van der Waals surface area contributed by atoms with Crippen LogP contribution in [0.2, 0.25) is 5.02 Å². The topological polar surface area (TPSA) is 82.2 Å². The molecule has 0 saturated carbocycles. The van der Waals surface area contributed by atoms with Crippen LogP contribution in [-0.4, -0.2) is 29.5 Å². The summed E-state index contributed by atoms with van der Waals surface area (Å²) in [6.45, 7) is 0.440. The highest BCUT2D eigenvalue weighted by Crippen LogP contribution is 2.17. The molecule has 0 spiro atoms. The molecule has 1 unspecified atom stereocenters. The SMILES string of the molecule is C[NH+](CC(=O)Nc1ccc2[nH]c(=O)[nH]c2c1)Cc1c(F)cccc1Cl. The van der Waals surface area contributed by atoms with Gasteiger partial charge in [0.1, 0.15) is 12.4 Å². The van der Waals surface area contributed by atoms with E-state index in [9.17, 15) is 14.0 Å². The normalized spacial score (nSPS) is 12.3. The van der Waals surface area contributed by atoms with Gasteiger partial charge in [0.15, 0.2) is 6.54 Å². The highest BCUT2D eigenvalue weighted by atomic mass is 35.5. The molecule has 0 aliphatic heterocycles. The number of hydrogen-bond donors (Lipinski definition) is 4. The molecule has 130 valence electrons. The van der Waals surface area contributed by atoms with E-state index < -0.39 is 0 Å². The number of carbonyl (C=O) groups is 1. The molecule has 0 saturated heterocycles. The van der Waals surface area contributed by atoms with E-state index in [1.165, 1.54) is 6.07 Å². The van der Waals surface area contributed by atoms with E-state index in [1.807, 2.05) is 0 Å². The zero-order valence-electron chi connectivity index (χ0n) is 13.5. The van der Waals surface area contributed by atoms with Crippen LogP contribution in [0.4, 0.5) is 10.1 Å². The van der Waals surface area contributed by atoms with Crippen molar-refractivity contribution in [3.63, 3.8) is 0 Å². The molecule has 1 aromatic heterocycles. The number of anilines is 1. The number of imidazole rings is 1. The lowest BCUT2D eigenvalue weighted by atomic mass is 10.2. The van der Waals surface area contributed by atoms with Gasteiger partial charge in [-0.05, 0) is 30.3 Å². The van der Waals surface area contributed by atoms with E-state index in [0.717, 1.165) is 4.90 Å². The lowest BCUT2D eigenvalue weighted by Crippen LogP contribution is -3.08. The first-order valence-corrected chi connectivity index (χ1v) is 8.06. The fourth-order valence-corrected chi connectivity index (χ4v) is 2.88. The van der Waals surface area contributed by atoms with Crippen LogP contribution < -0.4 is 15.9 Å². The number of aromatic amines is 2. The second-order valence-corrected chi connectivity index (χ2v) is 6.31. The van der Waals surface area contributed by atoms with Crippen molar-refractivity contribution in [2.45, 2.75) is 6.54 Å². The van der Waals surface area contributed by atoms with Crippen molar-refractivity contribution < 1.29 is 14.1 Å². The number of quaternary nitrogens is 1. The molecule has 1 heterocycles. The van der Waals surface area contributed by atoms with Gasteiger partial charge in [-0.1, -0.05) is 17.7 Å². The van der Waals surface area contributed by atoms with E-state index >= 15 is 0 Å². The third kappa shape index (κ3) is 4.07. The Morgan fingerprint density at radius 2 is 2.00 bits per heavy atom. The minimum atomic E-state index is -0.380. The standard InChI is InChI=1S/C17H16ClFN4O2/c1-23(8-11-12(18)3-2-4-13(11)19)9-16(24)20-10-5-6-14-15(7-10)22-17(25)21-14/h2-7H,8-9H2,1H3,(H,20,24)(H2,21,22,25)/p+1. The van der Waals surface area contributed by atoms with Gasteiger partial charge in [0.2, 0.25) is 0 Å². The number of fused-ring (bicyclic) bond motifs is 1. The Labute approximate surface area is 147 Å². The third-order valence-corrected chi connectivity index (χ3v) is 4.16. The zero-order chi connectivity index (χ0) is 18.0. The van der Waals surface area contributed by atoms with Gasteiger partial charge in [0.05, 0.1) is 28.7 Å². The average Bonchev–Trinajstić information content (AvgIpc) is 2.90. The number of nitrogens with one attached hydrogen (secondary N) is 4. The first-order valence-electron chi connectivity index (χ1n) is 7.68.